The topological polar surface area (TPSA) is 124 Å². The monoisotopic (exact) mass is 756 g/mol. The molecule has 3 aromatic carbocycles. The summed E-state index contributed by atoms with van der Waals surface area (Å²) in [6.07, 6.45) is 2.04. The van der Waals surface area contributed by atoms with Crippen LogP contribution in [-0.2, 0) is 25.6 Å². The van der Waals surface area contributed by atoms with Crippen LogP contribution in [0.4, 0.5) is 10.1 Å². The van der Waals surface area contributed by atoms with Crippen molar-refractivity contribution in [1.82, 2.24) is 4.90 Å². The molecule has 2 aliphatic heterocycles. The number of ether oxygens (including phenoxy) is 1. The Labute approximate surface area is 293 Å². The molecule has 0 aromatic heterocycles. The zero-order valence-electron chi connectivity index (χ0n) is 25.3. The summed E-state index contributed by atoms with van der Waals surface area (Å²) in [5, 5.41) is 21.1. The first-order chi connectivity index (χ1) is 22.8. The minimum absolute atomic E-state index is 0.0537. The Balaban J connectivity index is 1.35. The van der Waals surface area contributed by atoms with Gasteiger partial charge in [-0.05, 0) is 79.3 Å². The molecule has 2 saturated heterocycles. The maximum absolute atomic E-state index is 14.5. The predicted octanol–water partition coefficient (Wildman–Crippen LogP) is 5.81. The van der Waals surface area contributed by atoms with Gasteiger partial charge < -0.3 is 14.9 Å². The number of nitrogens with zero attached hydrogens (tertiary/aromatic N) is 2. The van der Waals surface area contributed by atoms with Crippen LogP contribution < -0.4 is 9.64 Å². The smallest absolute Gasteiger partial charge is 0.258 e. The molecule has 6 atom stereocenters. The molecule has 0 unspecified atom stereocenters. The van der Waals surface area contributed by atoms with Crippen LogP contribution in [0.15, 0.2) is 76.8 Å². The van der Waals surface area contributed by atoms with E-state index in [0.29, 0.717) is 16.5 Å². The molecule has 1 saturated carbocycles. The molecule has 9 nitrogen and oxygen atoms in total. The minimum atomic E-state index is -2.21. The van der Waals surface area contributed by atoms with Crippen molar-refractivity contribution in [2.24, 2.45) is 17.8 Å². The van der Waals surface area contributed by atoms with E-state index < -0.39 is 57.0 Å². The van der Waals surface area contributed by atoms with Crippen LogP contribution in [0, 0.1) is 23.6 Å². The lowest BCUT2D eigenvalue weighted by atomic mass is 9.56. The highest BCUT2D eigenvalue weighted by Crippen LogP contribution is 2.67. The van der Waals surface area contributed by atoms with Gasteiger partial charge in [0, 0.05) is 22.5 Å². The highest BCUT2D eigenvalue weighted by Gasteiger charge is 2.77. The Kier molecular flexibility index (Phi) is 7.88. The molecule has 3 fully saturated rings. The van der Waals surface area contributed by atoms with Gasteiger partial charge in [0.15, 0.2) is 21.2 Å². The van der Waals surface area contributed by atoms with Crippen molar-refractivity contribution in [2.75, 3.05) is 18.6 Å². The second-order valence-corrected chi connectivity index (χ2v) is 14.7. The molecule has 4 amide bonds. The summed E-state index contributed by atoms with van der Waals surface area (Å²) in [7, 11) is 1.36. The van der Waals surface area contributed by atoms with Crippen molar-refractivity contribution in [3.63, 3.8) is 0 Å². The minimum Gasteiger partial charge on any atom is -0.508 e. The normalized spacial score (nSPS) is 29.5. The summed E-state index contributed by atoms with van der Waals surface area (Å²) < 4.78 is 19.8. The largest absolute Gasteiger partial charge is 0.508 e. The van der Waals surface area contributed by atoms with Gasteiger partial charge in [-0.25, -0.2) is 9.29 Å². The third-order valence-electron chi connectivity index (χ3n) is 10.1. The predicted molar refractivity (Wildman–Crippen MR) is 177 cm³/mol. The van der Waals surface area contributed by atoms with Crippen LogP contribution in [-0.4, -0.2) is 62.1 Å². The molecule has 48 heavy (non-hydrogen) atoms. The molecule has 2 heterocycles. The second kappa shape index (κ2) is 11.6. The van der Waals surface area contributed by atoms with E-state index >= 15 is 0 Å². The van der Waals surface area contributed by atoms with Crippen LogP contribution in [0.1, 0.15) is 29.9 Å². The highest BCUT2D eigenvalue weighted by atomic mass is 79.9. The number of allylic oxidation sites excluding steroid dienone is 2. The fourth-order valence-electron chi connectivity index (χ4n) is 7.90. The van der Waals surface area contributed by atoms with Gasteiger partial charge in [-0.15, -0.1) is 23.2 Å². The number of hydrogen-bond acceptors (Lipinski definition) is 7. The van der Waals surface area contributed by atoms with Gasteiger partial charge in [0.25, 0.3) is 11.8 Å². The maximum Gasteiger partial charge on any atom is 0.258 e. The van der Waals surface area contributed by atoms with E-state index in [4.69, 9.17) is 27.9 Å². The Morgan fingerprint density at radius 3 is 2.31 bits per heavy atom. The van der Waals surface area contributed by atoms with Gasteiger partial charge in [-0.2, -0.15) is 0 Å². The number of halogens is 4. The zero-order valence-corrected chi connectivity index (χ0v) is 28.4. The number of methoxy groups -OCH3 is 1. The van der Waals surface area contributed by atoms with E-state index in [0.717, 1.165) is 22.6 Å². The van der Waals surface area contributed by atoms with E-state index in [-0.39, 0.29) is 53.8 Å². The molecule has 2 aliphatic carbocycles. The molecular weight excluding hydrogens is 730 g/mol. The summed E-state index contributed by atoms with van der Waals surface area (Å²) in [4.78, 5) is 54.5. The summed E-state index contributed by atoms with van der Waals surface area (Å²) in [5.41, 5.74) is 1.51. The standard InChI is InChI=1S/C35H28BrCl2FN2O7/c1-48-26-15-18(36)14-24(29(26)43)28-22-10-11-23-27(31(45)40(30(23)44)13-12-17-2-8-21(42)9-3-17)25(22)16-34(37)32(46)41(33(47)35(28,34)38)20-6-4-19(39)5-7-20/h2-10,14-15,23,25,27-28,42-43H,11-13,16H2,1H3/t23-,25+,27-,28+,34+,35-/m0/s1. The summed E-state index contributed by atoms with van der Waals surface area (Å²) in [6, 6.07) is 14.3. The first-order valence-corrected chi connectivity index (χ1v) is 16.8. The lowest BCUT2D eigenvalue weighted by molar-refractivity contribution is -0.140. The van der Waals surface area contributed by atoms with Gasteiger partial charge in [-0.1, -0.05) is 39.7 Å². The number of aromatic hydroxyl groups is 2. The summed E-state index contributed by atoms with van der Waals surface area (Å²) >= 11 is 18.2. The number of phenols is 2. The lowest BCUT2D eigenvalue weighted by Crippen LogP contribution is -2.60. The van der Waals surface area contributed by atoms with Crippen molar-refractivity contribution < 1.29 is 38.5 Å². The second-order valence-electron chi connectivity index (χ2n) is 12.5. The number of alkyl halides is 2. The van der Waals surface area contributed by atoms with E-state index in [1.54, 1.807) is 24.3 Å². The van der Waals surface area contributed by atoms with Crippen LogP contribution in [0.5, 0.6) is 17.2 Å². The molecule has 0 radical (unpaired) electrons. The highest BCUT2D eigenvalue weighted by molar-refractivity contribution is 9.10. The fraction of sp³-hybridized carbons (Fsp3) is 0.314. The van der Waals surface area contributed by atoms with E-state index in [9.17, 15) is 33.8 Å². The number of imide groups is 2. The summed E-state index contributed by atoms with van der Waals surface area (Å²) in [6.45, 7) is 0.103. The first-order valence-electron chi connectivity index (χ1n) is 15.2. The lowest BCUT2D eigenvalue weighted by Gasteiger charge is -2.50. The molecule has 2 N–H and O–H groups in total. The van der Waals surface area contributed by atoms with Gasteiger partial charge in [0.1, 0.15) is 11.6 Å². The van der Waals surface area contributed by atoms with Gasteiger partial charge in [0.05, 0.1) is 24.6 Å². The Bertz CT molecular complexity index is 1920. The SMILES string of the molecule is COc1cc(Br)cc([C@H]2C3=CC[C@@H]4C(=O)N(CCc5ccc(O)cc5)C(=O)[C@@H]4[C@@H]3C[C@@]3(Cl)C(=O)N(c4ccc(F)cc4)C(=O)[C@@]23Cl)c1O. The number of anilines is 1. The van der Waals surface area contributed by atoms with Gasteiger partial charge in [-0.3, -0.25) is 24.1 Å². The third-order valence-corrected chi connectivity index (χ3v) is 12.0. The third kappa shape index (κ3) is 4.61. The van der Waals surface area contributed by atoms with Crippen LogP contribution in [0.25, 0.3) is 0 Å². The van der Waals surface area contributed by atoms with Gasteiger partial charge >= 0.3 is 0 Å². The molecule has 13 heteroatoms. The van der Waals surface area contributed by atoms with E-state index in [1.165, 1.54) is 42.3 Å². The molecular formula is C35H28BrCl2FN2O7. The maximum atomic E-state index is 14.5. The summed E-state index contributed by atoms with van der Waals surface area (Å²) in [5.74, 6) is -6.94. The number of phenolic OH excluding ortho intramolecular Hbond substituents is 2. The number of rotatable bonds is 6. The first kappa shape index (κ1) is 32.6. The van der Waals surface area contributed by atoms with Crippen LogP contribution >= 0.6 is 39.1 Å². The van der Waals surface area contributed by atoms with Crippen molar-refractivity contribution in [3.8, 4) is 17.2 Å². The van der Waals surface area contributed by atoms with Crippen molar-refractivity contribution in [3.05, 3.63) is 93.7 Å². The fourth-order valence-corrected chi connectivity index (χ4v) is 9.28. The van der Waals surface area contributed by atoms with Crippen molar-refractivity contribution in [2.45, 2.75) is 34.9 Å². The van der Waals surface area contributed by atoms with E-state index in [2.05, 4.69) is 15.9 Å². The Hall–Kier alpha value is -3.93. The molecule has 4 aliphatic rings. The number of likely N-dealkylation sites (tertiary alicyclic amines) is 1. The Morgan fingerprint density at radius 1 is 0.958 bits per heavy atom. The number of fused-ring (bicyclic) bond motifs is 4. The quantitative estimate of drug-likeness (QED) is 0.185. The molecule has 7 rings (SSSR count). The van der Waals surface area contributed by atoms with Gasteiger partial charge in [0.2, 0.25) is 11.8 Å². The Morgan fingerprint density at radius 2 is 1.65 bits per heavy atom. The van der Waals surface area contributed by atoms with Crippen LogP contribution in [0.2, 0.25) is 0 Å². The zero-order chi connectivity index (χ0) is 34.3. The number of benzene rings is 3. The number of amides is 4. The molecule has 0 spiro atoms. The average molecular weight is 758 g/mol. The number of carbonyl (C=O) groups excluding carboxylic acids is 4. The number of carbonyl (C=O) groups is 4. The van der Waals surface area contributed by atoms with E-state index in [1.807, 2.05) is 0 Å². The van der Waals surface area contributed by atoms with Crippen molar-refractivity contribution >= 4 is 68.4 Å². The average Bonchev–Trinajstić information content (AvgIpc) is 3.39. The van der Waals surface area contributed by atoms with Crippen molar-refractivity contribution in [1.29, 1.82) is 0 Å². The van der Waals surface area contributed by atoms with Crippen LogP contribution in [0.3, 0.4) is 0 Å². The molecule has 248 valence electrons. The molecule has 0 bridgehead atoms. The number of hydrogen-bond donors (Lipinski definition) is 2. The molecule has 3 aromatic rings.